The maximum Gasteiger partial charge on any atom is 0.573 e. The Bertz CT molecular complexity index is 1630. The molecule has 5 rings (SSSR count). The number of amides is 1. The van der Waals surface area contributed by atoms with E-state index in [2.05, 4.69) is 10.1 Å². The molecule has 2 aliphatic rings. The summed E-state index contributed by atoms with van der Waals surface area (Å²) < 4.78 is 64.8. The molecule has 2 N–H and O–H groups in total. The van der Waals surface area contributed by atoms with E-state index < -0.39 is 35.4 Å². The van der Waals surface area contributed by atoms with Gasteiger partial charge in [0.25, 0.3) is 5.91 Å². The molecule has 43 heavy (non-hydrogen) atoms. The minimum Gasteiger partial charge on any atom is -0.492 e. The van der Waals surface area contributed by atoms with Crippen LogP contribution in [0.1, 0.15) is 59.6 Å². The van der Waals surface area contributed by atoms with Gasteiger partial charge in [0.15, 0.2) is 11.6 Å². The van der Waals surface area contributed by atoms with Crippen LogP contribution in [0.25, 0.3) is 10.9 Å². The van der Waals surface area contributed by atoms with E-state index in [1.165, 1.54) is 25.4 Å². The third-order valence-electron chi connectivity index (χ3n) is 8.26. The maximum atomic E-state index is 15.7. The second-order valence-corrected chi connectivity index (χ2v) is 10.9. The Kier molecular flexibility index (Phi) is 8.26. The fraction of sp³-hybridized carbons (Fsp3) is 0.433. The summed E-state index contributed by atoms with van der Waals surface area (Å²) in [5.41, 5.74) is 0.581. The lowest BCUT2D eigenvalue weighted by Gasteiger charge is -2.35. The third kappa shape index (κ3) is 6.11. The number of nitrogens with one attached hydrogen (secondary N) is 1. The van der Waals surface area contributed by atoms with Crippen LogP contribution in [-0.4, -0.2) is 48.1 Å². The topological polar surface area (TPSA) is 110 Å². The number of hydrogen-bond donors (Lipinski definition) is 2. The highest BCUT2D eigenvalue weighted by Crippen LogP contribution is 2.43. The van der Waals surface area contributed by atoms with Crippen LogP contribution in [0, 0.1) is 18.7 Å². The minimum absolute atomic E-state index is 0.0251. The van der Waals surface area contributed by atoms with Crippen LogP contribution in [0.2, 0.25) is 0 Å². The zero-order valence-corrected chi connectivity index (χ0v) is 23.6. The Morgan fingerprint density at radius 3 is 2.37 bits per heavy atom. The average Bonchev–Trinajstić information content (AvgIpc) is 2.91. The number of aryl methyl sites for hydroxylation is 1. The van der Waals surface area contributed by atoms with Crippen LogP contribution in [0.3, 0.4) is 0 Å². The molecule has 13 heteroatoms. The van der Waals surface area contributed by atoms with E-state index in [4.69, 9.17) is 4.74 Å². The second kappa shape index (κ2) is 11.8. The number of anilines is 1. The third-order valence-corrected chi connectivity index (χ3v) is 8.26. The number of ether oxygens (including phenoxy) is 2. The molecule has 1 saturated heterocycles. The molecule has 0 atom stereocenters. The van der Waals surface area contributed by atoms with Crippen molar-refractivity contribution in [2.45, 2.75) is 58.0 Å². The van der Waals surface area contributed by atoms with Crippen molar-refractivity contribution >= 4 is 28.5 Å². The molecule has 1 aliphatic carbocycles. The highest BCUT2D eigenvalue weighted by molar-refractivity contribution is 6.00. The predicted octanol–water partition coefficient (Wildman–Crippen LogP) is 5.31. The summed E-state index contributed by atoms with van der Waals surface area (Å²) in [4.78, 5) is 40.1. The van der Waals surface area contributed by atoms with Crippen molar-refractivity contribution < 1.29 is 41.7 Å². The standard InChI is InChI=1S/C30H31F4N3O6/c1-16-12-20(43-30(32,33)34)7-6-18(16)14-35-28(39)22-15-37(19-4-3-5-19)24-21(26(22)38)13-23(31)25(27(24)42-2)36-10-8-17(9-11-36)29(40)41/h6-7,12-13,15,17,19H,3-5,8-11,14H2,1-2H3,(H,35,39)(H,40,41). The van der Waals surface area contributed by atoms with Crippen molar-refractivity contribution in [3.63, 3.8) is 0 Å². The molecule has 3 aromatic rings. The number of carboxylic acids is 1. The lowest BCUT2D eigenvalue weighted by Crippen LogP contribution is -2.37. The van der Waals surface area contributed by atoms with Gasteiger partial charge in [-0.1, -0.05) is 6.07 Å². The van der Waals surface area contributed by atoms with Crippen LogP contribution < -0.4 is 25.1 Å². The number of aliphatic carboxylic acids is 1. The summed E-state index contributed by atoms with van der Waals surface area (Å²) in [5.74, 6) is -3.08. The zero-order chi connectivity index (χ0) is 31.1. The summed E-state index contributed by atoms with van der Waals surface area (Å²) in [6.45, 7) is 2.10. The normalized spacial score (nSPS) is 16.2. The molecular formula is C30H31F4N3O6. The lowest BCUT2D eigenvalue weighted by molar-refractivity contribution is -0.274. The van der Waals surface area contributed by atoms with Crippen molar-refractivity contribution in [1.82, 2.24) is 9.88 Å². The van der Waals surface area contributed by atoms with Crippen LogP contribution in [-0.2, 0) is 11.3 Å². The fourth-order valence-electron chi connectivity index (χ4n) is 5.73. The van der Waals surface area contributed by atoms with Crippen LogP contribution in [0.15, 0.2) is 35.3 Å². The lowest BCUT2D eigenvalue weighted by atomic mass is 9.91. The minimum atomic E-state index is -4.83. The maximum absolute atomic E-state index is 15.7. The number of hydrogen-bond acceptors (Lipinski definition) is 6. The number of halogens is 4. The molecular weight excluding hydrogens is 574 g/mol. The van der Waals surface area contributed by atoms with Gasteiger partial charge in [-0.15, -0.1) is 13.2 Å². The quantitative estimate of drug-likeness (QED) is 0.335. The van der Waals surface area contributed by atoms with E-state index in [0.29, 0.717) is 42.6 Å². The monoisotopic (exact) mass is 605 g/mol. The smallest absolute Gasteiger partial charge is 0.492 e. The van der Waals surface area contributed by atoms with E-state index in [0.717, 1.165) is 31.4 Å². The first kappa shape index (κ1) is 30.2. The number of benzene rings is 2. The molecule has 2 fully saturated rings. The number of piperidine rings is 1. The fourth-order valence-corrected chi connectivity index (χ4v) is 5.73. The number of nitrogens with zero attached hydrogens (tertiary/aromatic N) is 2. The van der Waals surface area contributed by atoms with Crippen molar-refractivity contribution in [2.75, 3.05) is 25.1 Å². The summed E-state index contributed by atoms with van der Waals surface area (Å²) in [5, 5.41) is 12.0. The van der Waals surface area contributed by atoms with Gasteiger partial charge < -0.3 is 29.4 Å². The van der Waals surface area contributed by atoms with E-state index >= 15 is 4.39 Å². The summed E-state index contributed by atoms with van der Waals surface area (Å²) in [6.07, 6.45) is -0.207. The molecule has 230 valence electrons. The van der Waals surface area contributed by atoms with Gasteiger partial charge in [0.2, 0.25) is 5.43 Å². The van der Waals surface area contributed by atoms with Crippen molar-refractivity contribution in [3.05, 3.63) is 63.2 Å². The van der Waals surface area contributed by atoms with Gasteiger partial charge >= 0.3 is 12.3 Å². The number of carbonyl (C=O) groups is 2. The van der Waals surface area contributed by atoms with E-state index in [1.54, 1.807) is 16.4 Å². The molecule has 0 unspecified atom stereocenters. The van der Waals surface area contributed by atoms with Crippen LogP contribution >= 0.6 is 0 Å². The molecule has 0 spiro atoms. The number of alkyl halides is 3. The number of methoxy groups -OCH3 is 1. The zero-order valence-electron chi connectivity index (χ0n) is 23.6. The molecule has 1 aromatic heterocycles. The highest BCUT2D eigenvalue weighted by Gasteiger charge is 2.33. The van der Waals surface area contributed by atoms with E-state index in [9.17, 15) is 32.7 Å². The van der Waals surface area contributed by atoms with Gasteiger partial charge in [-0.3, -0.25) is 14.4 Å². The first-order valence-electron chi connectivity index (χ1n) is 13.9. The first-order chi connectivity index (χ1) is 20.4. The number of carbonyl (C=O) groups excluding carboxylic acids is 1. The van der Waals surface area contributed by atoms with Crippen molar-refractivity contribution in [2.24, 2.45) is 5.92 Å². The Labute approximate surface area is 244 Å². The molecule has 1 saturated carbocycles. The Hall–Kier alpha value is -4.29. The van der Waals surface area contributed by atoms with E-state index in [-0.39, 0.29) is 40.7 Å². The van der Waals surface area contributed by atoms with Gasteiger partial charge in [0.1, 0.15) is 17.0 Å². The van der Waals surface area contributed by atoms with Gasteiger partial charge in [-0.2, -0.15) is 0 Å². The van der Waals surface area contributed by atoms with Gasteiger partial charge in [-0.25, -0.2) is 4.39 Å². The molecule has 1 amide bonds. The Morgan fingerprint density at radius 1 is 1.12 bits per heavy atom. The Morgan fingerprint density at radius 2 is 1.81 bits per heavy atom. The number of pyridine rings is 1. The molecule has 2 heterocycles. The van der Waals surface area contributed by atoms with Crippen LogP contribution in [0.4, 0.5) is 23.2 Å². The number of carboxylic acid groups (broad SMARTS) is 1. The van der Waals surface area contributed by atoms with Crippen LogP contribution in [0.5, 0.6) is 11.5 Å². The number of fused-ring (bicyclic) bond motifs is 1. The molecule has 9 nitrogen and oxygen atoms in total. The molecule has 2 aromatic carbocycles. The average molecular weight is 606 g/mol. The summed E-state index contributed by atoms with van der Waals surface area (Å²) >= 11 is 0. The predicted molar refractivity (Wildman–Crippen MR) is 149 cm³/mol. The SMILES string of the molecule is COc1c(N2CCC(C(=O)O)CC2)c(F)cc2c(=O)c(C(=O)NCc3ccc(OC(F)(F)F)cc3C)cn(C3CCC3)c12. The summed E-state index contributed by atoms with van der Waals surface area (Å²) in [7, 11) is 1.38. The van der Waals surface area contributed by atoms with E-state index in [1.807, 2.05) is 0 Å². The van der Waals surface area contributed by atoms with Crippen molar-refractivity contribution in [1.29, 1.82) is 0 Å². The number of rotatable bonds is 8. The van der Waals surface area contributed by atoms with Gasteiger partial charge in [0.05, 0.1) is 23.9 Å². The van der Waals surface area contributed by atoms with Gasteiger partial charge in [0, 0.05) is 31.9 Å². The summed E-state index contributed by atoms with van der Waals surface area (Å²) in [6, 6.07) is 4.78. The van der Waals surface area contributed by atoms with Crippen molar-refractivity contribution in [3.8, 4) is 11.5 Å². The second-order valence-electron chi connectivity index (χ2n) is 10.9. The molecule has 0 bridgehead atoms. The first-order valence-corrected chi connectivity index (χ1v) is 13.9. The molecule has 0 radical (unpaired) electrons. The van der Waals surface area contributed by atoms with Gasteiger partial charge in [-0.05, 0) is 68.4 Å². The highest BCUT2D eigenvalue weighted by atomic mass is 19.4. The largest absolute Gasteiger partial charge is 0.573 e. The Balaban J connectivity index is 1.49. The number of aromatic nitrogens is 1. The molecule has 1 aliphatic heterocycles.